The summed E-state index contributed by atoms with van der Waals surface area (Å²) >= 11 is 1.67. The van der Waals surface area contributed by atoms with Crippen molar-refractivity contribution in [2.24, 2.45) is 0 Å². The number of carbonyl (C=O) groups is 1. The largest absolute Gasteiger partial charge is 0.469 e. The number of hydrogen-bond donors (Lipinski definition) is 1. The zero-order chi connectivity index (χ0) is 12.1. The second kappa shape index (κ2) is 5.68. The summed E-state index contributed by atoms with van der Waals surface area (Å²) < 4.78 is 5.18. The third-order valence-corrected chi connectivity index (χ3v) is 3.62. The predicted molar refractivity (Wildman–Crippen MR) is 67.9 cm³/mol. The van der Waals surface area contributed by atoms with Gasteiger partial charge in [0.1, 0.15) is 5.76 Å². The Balaban J connectivity index is 1.73. The van der Waals surface area contributed by atoms with Gasteiger partial charge in [-0.15, -0.1) is 11.3 Å². The van der Waals surface area contributed by atoms with Crippen LogP contribution in [0.2, 0.25) is 0 Å². The minimum absolute atomic E-state index is 0.0641. The SMILES string of the molecule is Cc1ccsc1CNC(=O)CCc1ccco1. The molecule has 1 N–H and O–H groups in total. The molecule has 17 heavy (non-hydrogen) atoms. The molecule has 2 rings (SSSR count). The van der Waals surface area contributed by atoms with E-state index in [2.05, 4.69) is 18.3 Å². The van der Waals surface area contributed by atoms with Crippen LogP contribution in [0.25, 0.3) is 0 Å². The number of nitrogens with one attached hydrogen (secondary N) is 1. The highest BCUT2D eigenvalue weighted by Gasteiger charge is 2.05. The molecule has 0 spiro atoms. The molecule has 0 aliphatic carbocycles. The van der Waals surface area contributed by atoms with Crippen molar-refractivity contribution in [3.05, 3.63) is 46.0 Å². The van der Waals surface area contributed by atoms with E-state index in [-0.39, 0.29) is 5.91 Å². The van der Waals surface area contributed by atoms with E-state index >= 15 is 0 Å². The summed E-state index contributed by atoms with van der Waals surface area (Å²) in [5, 5.41) is 4.96. The summed E-state index contributed by atoms with van der Waals surface area (Å²) in [6.07, 6.45) is 2.75. The van der Waals surface area contributed by atoms with Gasteiger partial charge >= 0.3 is 0 Å². The lowest BCUT2D eigenvalue weighted by atomic mass is 10.2. The van der Waals surface area contributed by atoms with Crippen molar-refractivity contribution in [2.45, 2.75) is 26.3 Å². The van der Waals surface area contributed by atoms with Crippen molar-refractivity contribution in [2.75, 3.05) is 0 Å². The minimum Gasteiger partial charge on any atom is -0.469 e. The number of thiophene rings is 1. The van der Waals surface area contributed by atoms with Crippen LogP contribution >= 0.6 is 11.3 Å². The van der Waals surface area contributed by atoms with Gasteiger partial charge in [-0.2, -0.15) is 0 Å². The first-order valence-electron chi connectivity index (χ1n) is 5.58. The van der Waals surface area contributed by atoms with E-state index in [4.69, 9.17) is 4.42 Å². The fraction of sp³-hybridized carbons (Fsp3) is 0.308. The second-order valence-corrected chi connectivity index (χ2v) is 4.88. The summed E-state index contributed by atoms with van der Waals surface area (Å²) in [5.74, 6) is 0.918. The lowest BCUT2D eigenvalue weighted by molar-refractivity contribution is -0.121. The van der Waals surface area contributed by atoms with Gasteiger partial charge in [-0.25, -0.2) is 0 Å². The maximum absolute atomic E-state index is 11.6. The van der Waals surface area contributed by atoms with Gasteiger partial charge in [-0.1, -0.05) is 0 Å². The number of aryl methyl sites for hydroxylation is 2. The van der Waals surface area contributed by atoms with Gasteiger partial charge in [0.15, 0.2) is 0 Å². The highest BCUT2D eigenvalue weighted by molar-refractivity contribution is 7.10. The van der Waals surface area contributed by atoms with Gasteiger partial charge < -0.3 is 9.73 Å². The van der Waals surface area contributed by atoms with E-state index in [1.165, 1.54) is 10.4 Å². The van der Waals surface area contributed by atoms with Crippen LogP contribution in [0, 0.1) is 6.92 Å². The average molecular weight is 249 g/mol. The van der Waals surface area contributed by atoms with Crippen molar-refractivity contribution in [3.63, 3.8) is 0 Å². The zero-order valence-corrected chi connectivity index (χ0v) is 10.5. The smallest absolute Gasteiger partial charge is 0.220 e. The molecule has 0 aromatic carbocycles. The van der Waals surface area contributed by atoms with E-state index in [0.717, 1.165) is 5.76 Å². The van der Waals surface area contributed by atoms with Crippen LogP contribution in [0.1, 0.15) is 22.6 Å². The number of furan rings is 1. The highest BCUT2D eigenvalue weighted by Crippen LogP contribution is 2.14. The number of carbonyl (C=O) groups excluding carboxylic acids is 1. The third kappa shape index (κ3) is 3.46. The molecule has 4 heteroatoms. The summed E-state index contributed by atoms with van der Waals surface area (Å²) in [7, 11) is 0. The van der Waals surface area contributed by atoms with Crippen molar-refractivity contribution in [1.82, 2.24) is 5.32 Å². The monoisotopic (exact) mass is 249 g/mol. The van der Waals surface area contributed by atoms with Gasteiger partial charge in [0.25, 0.3) is 0 Å². The third-order valence-electron chi connectivity index (χ3n) is 2.59. The van der Waals surface area contributed by atoms with Crippen LogP contribution in [0.3, 0.4) is 0 Å². The minimum atomic E-state index is 0.0641. The quantitative estimate of drug-likeness (QED) is 0.885. The first-order chi connectivity index (χ1) is 8.25. The van der Waals surface area contributed by atoms with E-state index in [9.17, 15) is 4.79 Å². The molecule has 0 saturated carbocycles. The molecule has 0 fully saturated rings. The van der Waals surface area contributed by atoms with Crippen molar-refractivity contribution in [1.29, 1.82) is 0 Å². The number of hydrogen-bond acceptors (Lipinski definition) is 3. The molecule has 2 heterocycles. The van der Waals surface area contributed by atoms with Gasteiger partial charge in [0.05, 0.1) is 12.8 Å². The fourth-order valence-electron chi connectivity index (χ4n) is 1.54. The molecule has 0 aliphatic rings. The van der Waals surface area contributed by atoms with Crippen molar-refractivity contribution in [3.8, 4) is 0 Å². The summed E-state index contributed by atoms with van der Waals surface area (Å²) in [5.41, 5.74) is 1.24. The van der Waals surface area contributed by atoms with Crippen LogP contribution in [-0.4, -0.2) is 5.91 Å². The van der Waals surface area contributed by atoms with Crippen LogP contribution in [0.15, 0.2) is 34.3 Å². The van der Waals surface area contributed by atoms with Crippen LogP contribution < -0.4 is 5.32 Å². The fourth-order valence-corrected chi connectivity index (χ4v) is 2.39. The Morgan fingerprint density at radius 2 is 2.35 bits per heavy atom. The second-order valence-electron chi connectivity index (χ2n) is 3.88. The number of rotatable bonds is 5. The Bertz CT molecular complexity index is 473. The van der Waals surface area contributed by atoms with Crippen molar-refractivity contribution >= 4 is 17.2 Å². The Labute approximate surface area is 104 Å². The Kier molecular flexibility index (Phi) is 3.98. The predicted octanol–water partition coefficient (Wildman–Crippen LogP) is 2.90. The lowest BCUT2D eigenvalue weighted by Gasteiger charge is -2.03. The molecule has 90 valence electrons. The molecule has 1 amide bonds. The van der Waals surface area contributed by atoms with Crippen LogP contribution in [-0.2, 0) is 17.8 Å². The molecular weight excluding hydrogens is 234 g/mol. The first kappa shape index (κ1) is 11.9. The molecule has 0 unspecified atom stereocenters. The van der Waals surface area contributed by atoms with Crippen molar-refractivity contribution < 1.29 is 9.21 Å². The van der Waals surface area contributed by atoms with Crippen LogP contribution in [0.5, 0.6) is 0 Å². The van der Waals surface area contributed by atoms with Gasteiger partial charge in [0, 0.05) is 17.7 Å². The normalized spacial score (nSPS) is 10.4. The molecule has 3 nitrogen and oxygen atoms in total. The van der Waals surface area contributed by atoms with E-state index in [1.807, 2.05) is 17.5 Å². The topological polar surface area (TPSA) is 42.2 Å². The maximum Gasteiger partial charge on any atom is 0.220 e. The Hall–Kier alpha value is -1.55. The van der Waals surface area contributed by atoms with E-state index in [1.54, 1.807) is 17.6 Å². The standard InChI is InChI=1S/C13H15NO2S/c1-10-6-8-17-12(10)9-14-13(15)5-4-11-3-2-7-16-11/h2-3,6-8H,4-5,9H2,1H3,(H,14,15). The summed E-state index contributed by atoms with van der Waals surface area (Å²) in [4.78, 5) is 12.8. The molecule has 2 aromatic heterocycles. The lowest BCUT2D eigenvalue weighted by Crippen LogP contribution is -2.22. The van der Waals surface area contributed by atoms with Gasteiger partial charge in [-0.05, 0) is 36.1 Å². The zero-order valence-electron chi connectivity index (χ0n) is 9.73. The van der Waals surface area contributed by atoms with Gasteiger partial charge in [-0.3, -0.25) is 4.79 Å². The molecule has 2 aromatic rings. The first-order valence-corrected chi connectivity index (χ1v) is 6.45. The Morgan fingerprint density at radius 1 is 1.47 bits per heavy atom. The van der Waals surface area contributed by atoms with Gasteiger partial charge in [0.2, 0.25) is 5.91 Å². The highest BCUT2D eigenvalue weighted by atomic mass is 32.1. The molecule has 0 bridgehead atoms. The molecule has 0 aliphatic heterocycles. The molecule has 0 atom stereocenters. The summed E-state index contributed by atoms with van der Waals surface area (Å²) in [6.45, 7) is 2.68. The van der Waals surface area contributed by atoms with E-state index < -0.39 is 0 Å². The molecule has 0 radical (unpaired) electrons. The molecule has 0 saturated heterocycles. The Morgan fingerprint density at radius 3 is 3.00 bits per heavy atom. The average Bonchev–Trinajstić information content (AvgIpc) is 2.95. The van der Waals surface area contributed by atoms with E-state index in [0.29, 0.717) is 19.4 Å². The number of amides is 1. The van der Waals surface area contributed by atoms with Crippen LogP contribution in [0.4, 0.5) is 0 Å². The molecular formula is C13H15NO2S. The summed E-state index contributed by atoms with van der Waals surface area (Å²) in [6, 6.07) is 5.79. The maximum atomic E-state index is 11.6.